The van der Waals surface area contributed by atoms with E-state index in [4.69, 9.17) is 23.7 Å². The van der Waals surface area contributed by atoms with E-state index in [-0.39, 0.29) is 37.6 Å². The van der Waals surface area contributed by atoms with Crippen LogP contribution in [0.4, 0.5) is 14.4 Å². The molecule has 0 bridgehead atoms. The van der Waals surface area contributed by atoms with Crippen molar-refractivity contribution in [2.75, 3.05) is 39.5 Å². The van der Waals surface area contributed by atoms with Gasteiger partial charge in [-0.05, 0) is 79.6 Å². The summed E-state index contributed by atoms with van der Waals surface area (Å²) < 4.78 is 25.8. The highest BCUT2D eigenvalue weighted by atomic mass is 16.6. The molecule has 0 spiro atoms. The molecule has 0 aromatic heterocycles. The van der Waals surface area contributed by atoms with Crippen LogP contribution in [0.1, 0.15) is 101 Å². The van der Waals surface area contributed by atoms with Crippen molar-refractivity contribution in [2.45, 2.75) is 113 Å². The van der Waals surface area contributed by atoms with Crippen LogP contribution in [-0.2, 0) is 33.3 Å². The average Bonchev–Trinajstić information content (AvgIpc) is 2.89. The number of amides is 3. The Labute approximate surface area is 272 Å². The number of ether oxygens (including phenoxy) is 5. The lowest BCUT2D eigenvalue weighted by atomic mass is 9.91. The third-order valence-corrected chi connectivity index (χ3v) is 5.61. The molecule has 1 atom stereocenters. The van der Waals surface area contributed by atoms with Crippen molar-refractivity contribution in [3.8, 4) is 0 Å². The quantitative estimate of drug-likeness (QED) is 0.0645. The number of guanidine groups is 1. The minimum Gasteiger partial charge on any atom is -0.464 e. The number of nitrogens with one attached hydrogen (secondary N) is 3. The Hall–Kier alpha value is -3.62. The summed E-state index contributed by atoms with van der Waals surface area (Å²) in [6, 6.07) is 0. The first-order chi connectivity index (χ1) is 21.0. The number of nitrogens with zero attached hydrogens (tertiary/aromatic N) is 1. The van der Waals surface area contributed by atoms with Crippen molar-refractivity contribution in [1.82, 2.24) is 16.0 Å². The van der Waals surface area contributed by atoms with Crippen LogP contribution in [0.15, 0.2) is 4.99 Å². The fourth-order valence-electron chi connectivity index (χ4n) is 3.26. The first-order valence-electron chi connectivity index (χ1n) is 15.4. The number of rotatable bonds is 15. The monoisotopic (exact) mass is 660 g/mol. The minimum atomic E-state index is -1.54. The van der Waals surface area contributed by atoms with Gasteiger partial charge in [0, 0.05) is 13.0 Å². The van der Waals surface area contributed by atoms with Gasteiger partial charge in [-0.1, -0.05) is 20.8 Å². The van der Waals surface area contributed by atoms with Crippen molar-refractivity contribution in [3.63, 3.8) is 0 Å². The second-order valence-corrected chi connectivity index (χ2v) is 14.2. The Bertz CT molecular complexity index is 995. The summed E-state index contributed by atoms with van der Waals surface area (Å²) in [5, 5.41) is 17.1. The van der Waals surface area contributed by atoms with E-state index in [1.54, 1.807) is 41.5 Å². The Morgan fingerprint density at radius 1 is 0.696 bits per heavy atom. The third kappa shape index (κ3) is 22.8. The molecule has 1 unspecified atom stereocenters. The third-order valence-electron chi connectivity index (χ3n) is 5.61. The number of hydrogen-bond donors (Lipinski definition) is 4. The molecule has 0 fully saturated rings. The number of aliphatic hydroxyl groups is 1. The zero-order valence-corrected chi connectivity index (χ0v) is 29.3. The number of alkyl carbamates (subject to hydrolysis) is 3. The maximum Gasteiger partial charge on any atom is 0.414 e. The van der Waals surface area contributed by atoms with Crippen LogP contribution in [0.5, 0.6) is 0 Å². The predicted octanol–water partition coefficient (Wildman–Crippen LogP) is 4.20. The molecule has 0 aliphatic carbocycles. The number of carbonyl (C=O) groups is 5. The van der Waals surface area contributed by atoms with E-state index >= 15 is 0 Å². The standard InChI is InChI=1S/C31H56N4O11/c1-28(2,3)15-13-16-33-25(39)43-18-12-11-14-22(37)44-21-31(10,20-36)23(38)42-19-17-32-24(34-26(40)45-29(4,5)6)35-27(41)46-30(7,8)9/h36H,11-21H2,1-10H3,(H,33,39)(H2,32,34,35,40,41). The van der Waals surface area contributed by atoms with Crippen LogP contribution in [0.25, 0.3) is 0 Å². The van der Waals surface area contributed by atoms with E-state index in [0.717, 1.165) is 12.8 Å². The lowest BCUT2D eigenvalue weighted by Crippen LogP contribution is -2.47. The number of esters is 2. The molecule has 0 aliphatic heterocycles. The van der Waals surface area contributed by atoms with Gasteiger partial charge in [0.2, 0.25) is 5.96 Å². The van der Waals surface area contributed by atoms with Crippen LogP contribution >= 0.6 is 0 Å². The Morgan fingerprint density at radius 2 is 1.26 bits per heavy atom. The molecule has 15 nitrogen and oxygen atoms in total. The lowest BCUT2D eigenvalue weighted by molar-refractivity contribution is -0.165. The largest absolute Gasteiger partial charge is 0.464 e. The molecule has 4 N–H and O–H groups in total. The highest BCUT2D eigenvalue weighted by Gasteiger charge is 2.36. The molecule has 0 rings (SSSR count). The van der Waals surface area contributed by atoms with Gasteiger partial charge in [0.25, 0.3) is 0 Å². The molecule has 266 valence electrons. The molecule has 0 aromatic rings. The minimum absolute atomic E-state index is 0.0277. The van der Waals surface area contributed by atoms with E-state index < -0.39 is 60.0 Å². The van der Waals surface area contributed by atoms with Gasteiger partial charge in [-0.15, -0.1) is 0 Å². The molecule has 0 radical (unpaired) electrons. The molecular formula is C31H56N4O11. The van der Waals surface area contributed by atoms with E-state index in [2.05, 4.69) is 41.7 Å². The highest BCUT2D eigenvalue weighted by Crippen LogP contribution is 2.20. The average molecular weight is 661 g/mol. The van der Waals surface area contributed by atoms with Gasteiger partial charge in [-0.3, -0.25) is 20.2 Å². The maximum absolute atomic E-state index is 12.7. The number of hydrogen-bond acceptors (Lipinski definition) is 12. The smallest absolute Gasteiger partial charge is 0.414 e. The molecule has 0 heterocycles. The summed E-state index contributed by atoms with van der Waals surface area (Å²) in [4.78, 5) is 65.0. The summed E-state index contributed by atoms with van der Waals surface area (Å²) in [5.41, 5.74) is -2.97. The fourth-order valence-corrected chi connectivity index (χ4v) is 3.26. The second kappa shape index (κ2) is 19.8. The summed E-state index contributed by atoms with van der Waals surface area (Å²) >= 11 is 0. The zero-order valence-electron chi connectivity index (χ0n) is 29.3. The highest BCUT2D eigenvalue weighted by molar-refractivity contribution is 6.01. The Morgan fingerprint density at radius 3 is 1.76 bits per heavy atom. The zero-order chi connectivity index (χ0) is 35.6. The summed E-state index contributed by atoms with van der Waals surface area (Å²) in [6.07, 6.45) is 0.420. The predicted molar refractivity (Wildman–Crippen MR) is 170 cm³/mol. The molecule has 0 saturated heterocycles. The Balaban J connectivity index is 4.70. The van der Waals surface area contributed by atoms with Gasteiger partial charge < -0.3 is 34.1 Å². The summed E-state index contributed by atoms with van der Waals surface area (Å²) in [6.45, 7) is 16.8. The SMILES string of the molecule is CC(C)(C)CCCNC(=O)OCCCCC(=O)OCC(C)(CO)C(=O)OCCN=C(NC(=O)OC(C)(C)C)NC(=O)OC(C)(C)C. The van der Waals surface area contributed by atoms with E-state index in [1.165, 1.54) is 6.92 Å². The molecule has 0 aromatic carbocycles. The maximum atomic E-state index is 12.7. The number of carbonyl (C=O) groups excluding carboxylic acids is 5. The van der Waals surface area contributed by atoms with Gasteiger partial charge in [-0.25, -0.2) is 19.4 Å². The number of aliphatic imine (C=N–C) groups is 1. The molecule has 15 heteroatoms. The summed E-state index contributed by atoms with van der Waals surface area (Å²) in [7, 11) is 0. The van der Waals surface area contributed by atoms with E-state index in [0.29, 0.717) is 19.4 Å². The van der Waals surface area contributed by atoms with Crippen LogP contribution < -0.4 is 16.0 Å². The summed E-state index contributed by atoms with van der Waals surface area (Å²) in [5.74, 6) is -1.73. The van der Waals surface area contributed by atoms with Crippen LogP contribution in [0.2, 0.25) is 0 Å². The van der Waals surface area contributed by atoms with Gasteiger partial charge >= 0.3 is 30.2 Å². The van der Waals surface area contributed by atoms with E-state index in [1.807, 2.05) is 0 Å². The molecule has 0 aliphatic rings. The van der Waals surface area contributed by atoms with Crippen molar-refractivity contribution in [3.05, 3.63) is 0 Å². The molecule has 0 saturated carbocycles. The van der Waals surface area contributed by atoms with Crippen LogP contribution in [0.3, 0.4) is 0 Å². The number of unbranched alkanes of at least 4 members (excludes halogenated alkanes) is 1. The van der Waals surface area contributed by atoms with Crippen LogP contribution in [-0.4, -0.2) is 92.0 Å². The molecule has 46 heavy (non-hydrogen) atoms. The second-order valence-electron chi connectivity index (χ2n) is 14.2. The normalized spacial score (nSPS) is 12.9. The Kier molecular flexibility index (Phi) is 18.2. The molecule has 3 amide bonds. The van der Waals surface area contributed by atoms with Crippen molar-refractivity contribution < 1.29 is 52.8 Å². The first-order valence-corrected chi connectivity index (χ1v) is 15.4. The van der Waals surface area contributed by atoms with Crippen molar-refractivity contribution >= 4 is 36.2 Å². The lowest BCUT2D eigenvalue weighted by Gasteiger charge is -2.24. The van der Waals surface area contributed by atoms with Gasteiger partial charge in [0.15, 0.2) is 0 Å². The van der Waals surface area contributed by atoms with Gasteiger partial charge in [0.1, 0.15) is 29.8 Å². The van der Waals surface area contributed by atoms with Gasteiger partial charge in [-0.2, -0.15) is 0 Å². The first kappa shape index (κ1) is 42.4. The van der Waals surface area contributed by atoms with Crippen LogP contribution in [0, 0.1) is 10.8 Å². The van der Waals surface area contributed by atoms with E-state index in [9.17, 15) is 29.1 Å². The van der Waals surface area contributed by atoms with Crippen molar-refractivity contribution in [2.24, 2.45) is 15.8 Å². The fraction of sp³-hybridized carbons (Fsp3) is 0.806. The molecular weight excluding hydrogens is 604 g/mol. The topological polar surface area (TPSA) is 200 Å². The number of aliphatic hydroxyl groups excluding tert-OH is 1. The van der Waals surface area contributed by atoms with Crippen molar-refractivity contribution in [1.29, 1.82) is 0 Å². The van der Waals surface area contributed by atoms with Gasteiger partial charge in [0.05, 0.1) is 19.8 Å².